The number of allylic oxidation sites excluding steroid dienone is 17. The van der Waals surface area contributed by atoms with E-state index >= 15 is 0 Å². The second-order valence-corrected chi connectivity index (χ2v) is 14.1. The van der Waals surface area contributed by atoms with Crippen LogP contribution in [0.25, 0.3) is 0 Å². The fourth-order valence-electron chi connectivity index (χ4n) is 4.54. The van der Waals surface area contributed by atoms with E-state index in [0.717, 1.165) is 83.5 Å². The Morgan fingerprint density at radius 3 is 1.47 bits per heavy atom. The second-order valence-electron chi connectivity index (χ2n) is 12.6. The van der Waals surface area contributed by atoms with Crippen molar-refractivity contribution in [3.63, 3.8) is 0 Å². The molecule has 0 aromatic carbocycles. The van der Waals surface area contributed by atoms with E-state index in [2.05, 4.69) is 116 Å². The van der Waals surface area contributed by atoms with Gasteiger partial charge in [-0.05, 0) is 83.5 Å². The number of aliphatic carboxylic acids is 1. The van der Waals surface area contributed by atoms with Crippen LogP contribution in [0, 0.1) is 0 Å². The maximum Gasteiger partial charge on any atom is 0.472 e. The molecule has 4 N–H and O–H groups in total. The van der Waals surface area contributed by atoms with E-state index in [1.807, 2.05) is 12.2 Å². The molecule has 0 aliphatic heterocycles. The predicted molar refractivity (Wildman–Crippen MR) is 226 cm³/mol. The van der Waals surface area contributed by atoms with Crippen LogP contribution in [-0.4, -0.2) is 60.5 Å². The number of carboxylic acid groups (broad SMARTS) is 1. The van der Waals surface area contributed by atoms with Crippen molar-refractivity contribution >= 4 is 19.8 Å². The average molecular weight is 788 g/mol. The Bertz CT molecular complexity index is 1280. The molecule has 0 saturated heterocycles. The SMILES string of the molecule is CC/C=C\C/C=C\C/C=C\C/C=C\C/C=C\CCOCC(COP(=O)(O)OCC(N)C(=O)O)OC(=O)CCCCCC/C=C\C/C=C\C/C=C\C/C=C\CC. The highest BCUT2D eigenvalue weighted by Crippen LogP contribution is 2.43. The van der Waals surface area contributed by atoms with E-state index in [-0.39, 0.29) is 13.0 Å². The molecule has 10 nitrogen and oxygen atoms in total. The molecule has 0 saturated carbocycles. The summed E-state index contributed by atoms with van der Waals surface area (Å²) in [6.45, 7) is 3.35. The van der Waals surface area contributed by atoms with E-state index in [1.54, 1.807) is 0 Å². The molecule has 0 aromatic heterocycles. The largest absolute Gasteiger partial charge is 0.480 e. The number of rotatable bonds is 36. The quantitative estimate of drug-likeness (QED) is 0.0242. The number of hydrogen-bond acceptors (Lipinski definition) is 8. The van der Waals surface area contributed by atoms with Gasteiger partial charge in [0.05, 0.1) is 26.4 Å². The number of carbonyl (C=O) groups excluding carboxylic acids is 1. The average Bonchev–Trinajstić information content (AvgIpc) is 3.16. The van der Waals surface area contributed by atoms with E-state index in [9.17, 15) is 19.0 Å². The number of esters is 1. The lowest BCUT2D eigenvalue weighted by Crippen LogP contribution is -2.34. The van der Waals surface area contributed by atoms with Gasteiger partial charge < -0.3 is 25.2 Å². The van der Waals surface area contributed by atoms with Gasteiger partial charge in [-0.15, -0.1) is 0 Å². The highest BCUT2D eigenvalue weighted by atomic mass is 31.2. The van der Waals surface area contributed by atoms with Crippen LogP contribution in [0.2, 0.25) is 0 Å². The molecule has 0 radical (unpaired) electrons. The Morgan fingerprint density at radius 2 is 1.00 bits per heavy atom. The van der Waals surface area contributed by atoms with Crippen LogP contribution in [0.4, 0.5) is 0 Å². The van der Waals surface area contributed by atoms with Gasteiger partial charge in [-0.3, -0.25) is 18.6 Å². The minimum atomic E-state index is -4.65. The monoisotopic (exact) mass is 787 g/mol. The molecule has 0 bridgehead atoms. The van der Waals surface area contributed by atoms with Gasteiger partial charge in [0.1, 0.15) is 12.1 Å². The summed E-state index contributed by atoms with van der Waals surface area (Å²) in [6, 6.07) is -1.49. The van der Waals surface area contributed by atoms with Crippen LogP contribution in [0.1, 0.15) is 117 Å². The normalized spacial score (nSPS) is 15.1. The molecule has 0 amide bonds. The maximum atomic E-state index is 12.6. The van der Waals surface area contributed by atoms with Gasteiger partial charge in [-0.1, -0.05) is 136 Å². The summed E-state index contributed by atoms with van der Waals surface area (Å²) in [7, 11) is -4.65. The number of phosphoric ester groups is 1. The molecule has 11 heteroatoms. The third kappa shape index (κ3) is 38.7. The van der Waals surface area contributed by atoms with E-state index in [4.69, 9.17) is 24.8 Å². The summed E-state index contributed by atoms with van der Waals surface area (Å²) in [5.74, 6) is -1.85. The van der Waals surface area contributed by atoms with Gasteiger partial charge >= 0.3 is 19.8 Å². The number of unbranched alkanes of at least 4 members (excludes halogenated alkanes) is 4. The third-order valence-corrected chi connectivity index (χ3v) is 8.52. The van der Waals surface area contributed by atoms with Crippen molar-refractivity contribution in [2.45, 2.75) is 129 Å². The fourth-order valence-corrected chi connectivity index (χ4v) is 5.32. The topological polar surface area (TPSA) is 155 Å². The summed E-state index contributed by atoms with van der Waals surface area (Å²) in [5, 5.41) is 8.88. The van der Waals surface area contributed by atoms with Gasteiger partial charge in [0.15, 0.2) is 0 Å². The Hall–Kier alpha value is -3.37. The summed E-state index contributed by atoms with van der Waals surface area (Å²) in [5.41, 5.74) is 5.34. The van der Waals surface area contributed by atoms with Crippen molar-refractivity contribution in [3.05, 3.63) is 109 Å². The number of nitrogens with two attached hydrogens (primary N) is 1. The zero-order chi connectivity index (χ0) is 40.5. The number of ether oxygens (including phenoxy) is 2. The van der Waals surface area contributed by atoms with Gasteiger partial charge in [-0.25, -0.2) is 4.57 Å². The zero-order valence-corrected chi connectivity index (χ0v) is 34.4. The second kappa shape index (κ2) is 38.9. The maximum absolute atomic E-state index is 12.6. The van der Waals surface area contributed by atoms with Crippen LogP contribution in [0.15, 0.2) is 109 Å². The van der Waals surface area contributed by atoms with Gasteiger partial charge in [0.2, 0.25) is 0 Å². The predicted octanol–water partition coefficient (Wildman–Crippen LogP) is 10.7. The van der Waals surface area contributed by atoms with Crippen LogP contribution < -0.4 is 5.73 Å². The van der Waals surface area contributed by atoms with Crippen molar-refractivity contribution < 1.29 is 42.7 Å². The summed E-state index contributed by atoms with van der Waals surface area (Å²) < 4.78 is 33.1. The van der Waals surface area contributed by atoms with Crippen molar-refractivity contribution in [3.8, 4) is 0 Å². The van der Waals surface area contributed by atoms with E-state index < -0.39 is 45.1 Å². The lowest BCUT2D eigenvalue weighted by molar-refractivity contribution is -0.154. The Balaban J connectivity index is 4.49. The highest BCUT2D eigenvalue weighted by molar-refractivity contribution is 7.47. The van der Waals surface area contributed by atoms with Crippen LogP contribution >= 0.6 is 7.82 Å². The molecular formula is C44H70NO9P. The smallest absolute Gasteiger partial charge is 0.472 e. The first-order valence-corrected chi connectivity index (χ1v) is 21.4. The lowest BCUT2D eigenvalue weighted by Gasteiger charge is -2.20. The fraction of sp³-hybridized carbons (Fsp3) is 0.545. The minimum Gasteiger partial charge on any atom is -0.480 e. The molecule has 0 aliphatic rings. The van der Waals surface area contributed by atoms with Gasteiger partial charge in [-0.2, -0.15) is 0 Å². The molecule has 0 aromatic rings. The van der Waals surface area contributed by atoms with Crippen molar-refractivity contribution in [1.82, 2.24) is 0 Å². The third-order valence-electron chi connectivity index (χ3n) is 7.57. The summed E-state index contributed by atoms with van der Waals surface area (Å²) >= 11 is 0. The van der Waals surface area contributed by atoms with Crippen molar-refractivity contribution in [1.29, 1.82) is 0 Å². The first-order valence-electron chi connectivity index (χ1n) is 19.9. The molecule has 3 atom stereocenters. The first-order chi connectivity index (χ1) is 26.7. The molecular weight excluding hydrogens is 717 g/mol. The molecule has 3 unspecified atom stereocenters. The number of carbonyl (C=O) groups is 2. The zero-order valence-electron chi connectivity index (χ0n) is 33.5. The summed E-state index contributed by atoms with van der Waals surface area (Å²) in [4.78, 5) is 33.5. The molecule has 0 heterocycles. The van der Waals surface area contributed by atoms with Crippen LogP contribution in [0.5, 0.6) is 0 Å². The molecule has 0 aliphatic carbocycles. The van der Waals surface area contributed by atoms with Crippen molar-refractivity contribution in [2.75, 3.05) is 26.4 Å². The number of hydrogen-bond donors (Lipinski definition) is 3. The molecule has 310 valence electrons. The van der Waals surface area contributed by atoms with Gasteiger partial charge in [0.25, 0.3) is 0 Å². The van der Waals surface area contributed by atoms with Crippen LogP contribution in [-0.2, 0) is 32.7 Å². The molecule has 0 rings (SSSR count). The standard InChI is InChI=1S/C44H70NO9P/c1-3-5-7-9-11-13-15-17-19-21-22-24-26-28-30-32-34-36-43(46)54-41(39-52-55(49,50)53-40-42(45)44(47)48)38-51-37-35-33-31-29-27-25-23-20-18-16-14-12-10-8-6-4-2/h5-8,11-14,17-20,22,24-25,27,31,33,41-42H,3-4,9-10,15-16,21,23,26,28-30,32,34-40,45H2,1-2H3,(H,47,48)(H,49,50)/b7-5-,8-6-,13-11-,14-12-,19-17-,20-18-,24-22-,27-25-,33-31-. The highest BCUT2D eigenvalue weighted by Gasteiger charge is 2.27. The van der Waals surface area contributed by atoms with E-state index in [1.165, 1.54) is 0 Å². The molecule has 0 fully saturated rings. The first kappa shape index (κ1) is 51.6. The number of carboxylic acids is 1. The summed E-state index contributed by atoms with van der Waals surface area (Å²) in [6.07, 6.45) is 51.7. The Morgan fingerprint density at radius 1 is 0.582 bits per heavy atom. The van der Waals surface area contributed by atoms with Crippen LogP contribution in [0.3, 0.4) is 0 Å². The molecule has 0 spiro atoms. The Kier molecular flexibility index (Phi) is 36.5. The Labute approximate surface area is 331 Å². The van der Waals surface area contributed by atoms with Crippen molar-refractivity contribution in [2.24, 2.45) is 5.73 Å². The minimum absolute atomic E-state index is 0.0556. The van der Waals surface area contributed by atoms with E-state index in [0.29, 0.717) is 19.4 Å². The lowest BCUT2D eigenvalue weighted by atomic mass is 10.1. The molecule has 55 heavy (non-hydrogen) atoms. The number of phosphoric acid groups is 1. The van der Waals surface area contributed by atoms with Gasteiger partial charge in [0, 0.05) is 6.42 Å².